The zero-order chi connectivity index (χ0) is 7.40. The van der Waals surface area contributed by atoms with Crippen molar-refractivity contribution in [2.75, 3.05) is 0 Å². The summed E-state index contributed by atoms with van der Waals surface area (Å²) in [4.78, 5) is 10.5. The van der Waals surface area contributed by atoms with Gasteiger partial charge in [0.05, 0.1) is 11.8 Å². The van der Waals surface area contributed by atoms with E-state index in [-0.39, 0.29) is 12.4 Å². The fraction of sp³-hybridized carbons (Fsp3) is 0. The minimum atomic E-state index is -0.475. The molecule has 0 radical (unpaired) electrons. The highest BCUT2D eigenvalue weighted by atomic mass is 35.5. The summed E-state index contributed by atoms with van der Waals surface area (Å²) in [5.41, 5.74) is 7.93. The van der Waals surface area contributed by atoms with Crippen molar-refractivity contribution < 1.29 is 4.79 Å². The van der Waals surface area contributed by atoms with Gasteiger partial charge in [0.25, 0.3) is 0 Å². The van der Waals surface area contributed by atoms with E-state index in [1.54, 1.807) is 18.4 Å². The molecule has 1 aliphatic heterocycles. The number of amides is 1. The van der Waals surface area contributed by atoms with Crippen molar-refractivity contribution in [1.82, 2.24) is 5.43 Å². The van der Waals surface area contributed by atoms with Gasteiger partial charge in [-0.15, -0.1) is 12.4 Å². The van der Waals surface area contributed by atoms with Crippen LogP contribution in [-0.4, -0.2) is 12.1 Å². The summed E-state index contributed by atoms with van der Waals surface area (Å²) >= 11 is 0. The fourth-order valence-corrected chi connectivity index (χ4v) is 0.533. The van der Waals surface area contributed by atoms with Crippen molar-refractivity contribution in [3.8, 4) is 0 Å². The standard InChI is InChI=1S/C6H7N3O.ClH/c7-6(10)5-2-1-3-8-9-4-5;/h1-4,8H,(H2,7,10);1H. The van der Waals surface area contributed by atoms with E-state index in [1.165, 1.54) is 6.21 Å². The average Bonchev–Trinajstić information content (AvgIpc) is 2.12. The van der Waals surface area contributed by atoms with E-state index in [2.05, 4.69) is 10.5 Å². The molecular formula is C6H8ClN3O. The Morgan fingerprint density at radius 2 is 2.36 bits per heavy atom. The molecular weight excluding hydrogens is 166 g/mol. The van der Waals surface area contributed by atoms with Gasteiger partial charge in [-0.1, -0.05) is 0 Å². The first-order valence-electron chi connectivity index (χ1n) is 2.76. The number of hydrogen-bond donors (Lipinski definition) is 2. The van der Waals surface area contributed by atoms with Crippen LogP contribution >= 0.6 is 12.4 Å². The van der Waals surface area contributed by atoms with Gasteiger partial charge in [0.1, 0.15) is 0 Å². The van der Waals surface area contributed by atoms with Crippen LogP contribution in [0, 0.1) is 0 Å². The molecule has 0 saturated carbocycles. The number of hydrogen-bond acceptors (Lipinski definition) is 3. The quantitative estimate of drug-likeness (QED) is 0.583. The van der Waals surface area contributed by atoms with Gasteiger partial charge in [-0.05, 0) is 12.2 Å². The molecule has 0 fully saturated rings. The summed E-state index contributed by atoms with van der Waals surface area (Å²) < 4.78 is 0. The number of primary amides is 1. The summed E-state index contributed by atoms with van der Waals surface area (Å²) in [6.07, 6.45) is 6.23. The van der Waals surface area contributed by atoms with Gasteiger partial charge in [-0.3, -0.25) is 10.2 Å². The molecule has 11 heavy (non-hydrogen) atoms. The van der Waals surface area contributed by atoms with Gasteiger partial charge in [-0.2, -0.15) is 5.10 Å². The first kappa shape index (κ1) is 9.71. The van der Waals surface area contributed by atoms with Gasteiger partial charge >= 0.3 is 0 Å². The molecule has 0 unspecified atom stereocenters. The van der Waals surface area contributed by atoms with Crippen LogP contribution in [0.15, 0.2) is 29.0 Å². The summed E-state index contributed by atoms with van der Waals surface area (Å²) in [6.45, 7) is 0. The minimum Gasteiger partial charge on any atom is -0.366 e. The van der Waals surface area contributed by atoms with Crippen LogP contribution < -0.4 is 11.2 Å². The molecule has 0 bridgehead atoms. The van der Waals surface area contributed by atoms with E-state index in [4.69, 9.17) is 5.73 Å². The third-order valence-corrected chi connectivity index (χ3v) is 1.01. The largest absolute Gasteiger partial charge is 0.366 e. The lowest BCUT2D eigenvalue weighted by molar-refractivity contribution is -0.114. The van der Waals surface area contributed by atoms with Crippen molar-refractivity contribution in [3.05, 3.63) is 23.9 Å². The normalized spacial score (nSPS) is 14.0. The van der Waals surface area contributed by atoms with Crippen LogP contribution in [0.1, 0.15) is 0 Å². The van der Waals surface area contributed by atoms with E-state index in [1.807, 2.05) is 0 Å². The van der Waals surface area contributed by atoms with Crippen LogP contribution in [-0.2, 0) is 4.79 Å². The summed E-state index contributed by atoms with van der Waals surface area (Å²) in [5.74, 6) is -0.475. The highest BCUT2D eigenvalue weighted by Gasteiger charge is 1.99. The zero-order valence-electron chi connectivity index (χ0n) is 5.65. The number of carbonyl (C=O) groups excluding carboxylic acids is 1. The Balaban J connectivity index is 0.000001000. The fourth-order valence-electron chi connectivity index (χ4n) is 0.533. The zero-order valence-corrected chi connectivity index (χ0v) is 6.47. The number of allylic oxidation sites excluding steroid dienone is 2. The van der Waals surface area contributed by atoms with Gasteiger partial charge in [0, 0.05) is 6.20 Å². The van der Waals surface area contributed by atoms with Gasteiger partial charge in [-0.25, -0.2) is 0 Å². The maximum atomic E-state index is 10.5. The van der Waals surface area contributed by atoms with Crippen LogP contribution in [0.2, 0.25) is 0 Å². The molecule has 4 nitrogen and oxygen atoms in total. The second-order valence-corrected chi connectivity index (χ2v) is 1.73. The lowest BCUT2D eigenvalue weighted by Gasteiger charge is -1.88. The summed E-state index contributed by atoms with van der Waals surface area (Å²) in [7, 11) is 0. The van der Waals surface area contributed by atoms with Crippen molar-refractivity contribution in [2.24, 2.45) is 10.8 Å². The third kappa shape index (κ3) is 2.86. The number of hydrazone groups is 1. The molecule has 0 aromatic heterocycles. The summed E-state index contributed by atoms with van der Waals surface area (Å²) in [5, 5.41) is 3.64. The molecule has 1 rings (SSSR count). The van der Waals surface area contributed by atoms with Gasteiger partial charge in [0.15, 0.2) is 0 Å². The first-order valence-corrected chi connectivity index (χ1v) is 2.76. The van der Waals surface area contributed by atoms with E-state index >= 15 is 0 Å². The minimum absolute atomic E-state index is 0. The molecule has 0 aromatic carbocycles. The second-order valence-electron chi connectivity index (χ2n) is 1.73. The van der Waals surface area contributed by atoms with E-state index in [9.17, 15) is 4.79 Å². The predicted octanol–water partition coefficient (Wildman–Crippen LogP) is -0.0774. The molecule has 3 N–H and O–H groups in total. The molecule has 0 aromatic rings. The molecule has 0 aliphatic carbocycles. The summed E-state index contributed by atoms with van der Waals surface area (Å²) in [6, 6.07) is 0. The lowest BCUT2D eigenvalue weighted by atomic mass is 10.2. The van der Waals surface area contributed by atoms with Crippen molar-refractivity contribution in [3.63, 3.8) is 0 Å². The maximum Gasteiger partial charge on any atom is 0.250 e. The second kappa shape index (κ2) is 4.51. The predicted molar refractivity (Wildman–Crippen MR) is 45.3 cm³/mol. The SMILES string of the molecule is Cl.NC(=O)C1=CC=CNN=C1. The van der Waals surface area contributed by atoms with Gasteiger partial charge in [0.2, 0.25) is 5.91 Å². The van der Waals surface area contributed by atoms with E-state index < -0.39 is 5.91 Å². The Morgan fingerprint density at radius 3 is 3.00 bits per heavy atom. The Kier molecular flexibility index (Phi) is 3.98. The highest BCUT2D eigenvalue weighted by Crippen LogP contribution is 1.91. The van der Waals surface area contributed by atoms with Crippen molar-refractivity contribution in [2.45, 2.75) is 0 Å². The Labute approximate surface area is 70.2 Å². The number of nitrogens with one attached hydrogen (secondary N) is 1. The smallest absolute Gasteiger partial charge is 0.250 e. The molecule has 1 heterocycles. The monoisotopic (exact) mass is 173 g/mol. The highest BCUT2D eigenvalue weighted by molar-refractivity contribution is 6.11. The van der Waals surface area contributed by atoms with Gasteiger partial charge < -0.3 is 5.73 Å². The number of nitrogens with two attached hydrogens (primary N) is 1. The number of rotatable bonds is 1. The Bertz CT molecular complexity index is 232. The first-order chi connectivity index (χ1) is 4.80. The molecule has 0 spiro atoms. The molecule has 1 amide bonds. The molecule has 60 valence electrons. The van der Waals surface area contributed by atoms with Crippen molar-refractivity contribution in [1.29, 1.82) is 0 Å². The molecule has 0 saturated heterocycles. The maximum absolute atomic E-state index is 10.5. The van der Waals surface area contributed by atoms with Crippen LogP contribution in [0.3, 0.4) is 0 Å². The van der Waals surface area contributed by atoms with Crippen LogP contribution in [0.25, 0.3) is 0 Å². The number of nitrogens with zero attached hydrogens (tertiary/aromatic N) is 1. The van der Waals surface area contributed by atoms with E-state index in [0.717, 1.165) is 0 Å². The molecule has 5 heteroatoms. The van der Waals surface area contributed by atoms with E-state index in [0.29, 0.717) is 5.57 Å². The number of carbonyl (C=O) groups is 1. The molecule has 0 atom stereocenters. The third-order valence-electron chi connectivity index (χ3n) is 1.01. The van der Waals surface area contributed by atoms with Crippen molar-refractivity contribution >= 4 is 24.5 Å². The topological polar surface area (TPSA) is 67.5 Å². The van der Waals surface area contributed by atoms with Crippen LogP contribution in [0.5, 0.6) is 0 Å². The Morgan fingerprint density at radius 1 is 1.64 bits per heavy atom. The molecule has 1 aliphatic rings. The number of halogens is 1. The average molecular weight is 174 g/mol. The Hall–Kier alpha value is -1.29. The van der Waals surface area contributed by atoms with Crippen LogP contribution in [0.4, 0.5) is 0 Å². The lowest BCUT2D eigenvalue weighted by Crippen LogP contribution is -2.14.